The third-order valence-electron chi connectivity index (χ3n) is 6.32. The minimum Gasteiger partial charge on any atom is -0.494 e. The van der Waals surface area contributed by atoms with Crippen LogP contribution >= 0.6 is 0 Å². The van der Waals surface area contributed by atoms with Crippen molar-refractivity contribution in [2.75, 3.05) is 39.2 Å². The number of benzene rings is 2. The van der Waals surface area contributed by atoms with Crippen molar-refractivity contribution in [3.05, 3.63) is 66.5 Å². The van der Waals surface area contributed by atoms with Crippen LogP contribution in [0.2, 0.25) is 0 Å². The minimum atomic E-state index is -0.508. The summed E-state index contributed by atoms with van der Waals surface area (Å²) in [5.41, 5.74) is 2.07. The molecule has 4 aromatic rings. The normalized spacial score (nSPS) is 15.9. The maximum absolute atomic E-state index is 14.7. The first-order chi connectivity index (χ1) is 16.4. The fraction of sp³-hybridized carbons (Fsp3) is 0.269. The second kappa shape index (κ2) is 8.95. The number of halogens is 2. The highest BCUT2D eigenvalue weighted by Crippen LogP contribution is 2.38. The van der Waals surface area contributed by atoms with Crippen LogP contribution in [0, 0.1) is 11.6 Å². The number of likely N-dealkylation sites (N-methyl/N-ethyl adjacent to an activating group) is 1. The Morgan fingerprint density at radius 3 is 2.62 bits per heavy atom. The number of hydrogen-bond acceptors (Lipinski definition) is 6. The molecule has 3 heterocycles. The molecule has 0 N–H and O–H groups in total. The summed E-state index contributed by atoms with van der Waals surface area (Å²) < 4.78 is 34.3. The summed E-state index contributed by atoms with van der Waals surface area (Å²) in [6.07, 6.45) is 4.42. The molecule has 0 aliphatic carbocycles. The Morgan fingerprint density at radius 1 is 1.06 bits per heavy atom. The number of rotatable bonds is 5. The lowest BCUT2D eigenvalue weighted by molar-refractivity contribution is 0.315. The summed E-state index contributed by atoms with van der Waals surface area (Å²) >= 11 is 0. The van der Waals surface area contributed by atoms with Crippen LogP contribution in [0.3, 0.4) is 0 Å². The molecule has 1 atom stereocenters. The van der Waals surface area contributed by atoms with Gasteiger partial charge in [0.15, 0.2) is 5.82 Å². The first-order valence-electron chi connectivity index (χ1n) is 11.1. The molecule has 2 aromatic carbocycles. The van der Waals surface area contributed by atoms with E-state index in [1.54, 1.807) is 25.6 Å². The van der Waals surface area contributed by atoms with Crippen molar-refractivity contribution in [2.24, 2.45) is 0 Å². The summed E-state index contributed by atoms with van der Waals surface area (Å²) in [5, 5.41) is 0.727. The Hall–Kier alpha value is -3.65. The molecule has 0 saturated carbocycles. The average Bonchev–Trinajstić information content (AvgIpc) is 3.35. The van der Waals surface area contributed by atoms with Gasteiger partial charge in [0.2, 0.25) is 0 Å². The molecule has 0 amide bonds. The lowest BCUT2D eigenvalue weighted by Gasteiger charge is -2.23. The van der Waals surface area contributed by atoms with E-state index in [0.29, 0.717) is 28.7 Å². The van der Waals surface area contributed by atoms with E-state index in [4.69, 9.17) is 14.7 Å². The van der Waals surface area contributed by atoms with Gasteiger partial charge in [0.1, 0.15) is 28.7 Å². The molecule has 0 spiro atoms. The Bertz CT molecular complexity index is 1350. The number of ether oxygens (including phenoxy) is 1. The second-order valence-electron chi connectivity index (χ2n) is 8.66. The first-order valence-corrected chi connectivity index (χ1v) is 11.1. The van der Waals surface area contributed by atoms with Crippen LogP contribution in [0.1, 0.15) is 6.42 Å². The van der Waals surface area contributed by atoms with Gasteiger partial charge in [-0.15, -0.1) is 0 Å². The van der Waals surface area contributed by atoms with Crippen molar-refractivity contribution in [1.29, 1.82) is 0 Å². The molecule has 1 aliphatic heterocycles. The van der Waals surface area contributed by atoms with Gasteiger partial charge in [-0.25, -0.2) is 18.7 Å². The quantitative estimate of drug-likeness (QED) is 0.426. The van der Waals surface area contributed by atoms with E-state index in [9.17, 15) is 8.78 Å². The predicted molar refractivity (Wildman–Crippen MR) is 129 cm³/mol. The summed E-state index contributed by atoms with van der Waals surface area (Å²) in [6.45, 7) is 1.62. The standard InChI is InChI=1S/C26H25F2N5O/c1-32(2)19-8-10-33(15-19)26-21-11-17(20-13-18(27)6-7-22(20)28)12-23(34-3)24(21)30-25(31-26)16-5-4-9-29-14-16/h4-7,9,11-14,19H,8,10,15H2,1-3H3. The largest absolute Gasteiger partial charge is 0.494 e. The number of hydrogen-bond donors (Lipinski definition) is 0. The molecule has 6 nitrogen and oxygen atoms in total. The highest BCUT2D eigenvalue weighted by atomic mass is 19.1. The molecular formula is C26H25F2N5O. The molecule has 5 rings (SSSR count). The van der Waals surface area contributed by atoms with Crippen molar-refractivity contribution in [3.8, 4) is 28.3 Å². The summed E-state index contributed by atoms with van der Waals surface area (Å²) in [5.74, 6) is 0.726. The minimum absolute atomic E-state index is 0.162. The first kappa shape index (κ1) is 22.2. The van der Waals surface area contributed by atoms with Crippen LogP contribution < -0.4 is 9.64 Å². The maximum atomic E-state index is 14.7. The average molecular weight is 462 g/mol. The zero-order chi connectivity index (χ0) is 23.8. The number of pyridine rings is 1. The van der Waals surface area contributed by atoms with Crippen molar-refractivity contribution in [3.63, 3.8) is 0 Å². The van der Waals surface area contributed by atoms with Gasteiger partial charge in [-0.2, -0.15) is 0 Å². The highest BCUT2D eigenvalue weighted by molar-refractivity contribution is 5.98. The van der Waals surface area contributed by atoms with Crippen LogP contribution in [0.4, 0.5) is 14.6 Å². The van der Waals surface area contributed by atoms with Gasteiger partial charge < -0.3 is 14.5 Å². The van der Waals surface area contributed by atoms with Gasteiger partial charge in [-0.1, -0.05) is 0 Å². The summed E-state index contributed by atoms with van der Waals surface area (Å²) in [7, 11) is 5.69. The zero-order valence-electron chi connectivity index (χ0n) is 19.3. The molecule has 2 aromatic heterocycles. The lowest BCUT2D eigenvalue weighted by atomic mass is 10.0. The van der Waals surface area contributed by atoms with Crippen molar-refractivity contribution in [2.45, 2.75) is 12.5 Å². The maximum Gasteiger partial charge on any atom is 0.163 e. The summed E-state index contributed by atoms with van der Waals surface area (Å²) in [4.78, 5) is 18.4. The number of methoxy groups -OCH3 is 1. The Kier molecular flexibility index (Phi) is 5.83. The van der Waals surface area contributed by atoms with Gasteiger partial charge in [-0.05, 0) is 68.5 Å². The van der Waals surface area contributed by atoms with E-state index in [1.165, 1.54) is 6.07 Å². The predicted octanol–water partition coefficient (Wildman–Crippen LogP) is 4.79. The monoisotopic (exact) mass is 461 g/mol. The molecule has 1 unspecified atom stereocenters. The number of anilines is 1. The number of fused-ring (bicyclic) bond motifs is 1. The van der Waals surface area contributed by atoms with E-state index >= 15 is 0 Å². The molecule has 174 valence electrons. The van der Waals surface area contributed by atoms with E-state index in [0.717, 1.165) is 48.4 Å². The molecular weight excluding hydrogens is 436 g/mol. The zero-order valence-corrected chi connectivity index (χ0v) is 19.3. The number of aromatic nitrogens is 3. The topological polar surface area (TPSA) is 54.4 Å². The van der Waals surface area contributed by atoms with Crippen molar-refractivity contribution < 1.29 is 13.5 Å². The molecule has 34 heavy (non-hydrogen) atoms. The van der Waals surface area contributed by atoms with Crippen molar-refractivity contribution in [1.82, 2.24) is 19.9 Å². The van der Waals surface area contributed by atoms with Crippen LogP contribution in [0.15, 0.2) is 54.9 Å². The molecule has 0 bridgehead atoms. The van der Waals surface area contributed by atoms with Gasteiger partial charge in [-0.3, -0.25) is 4.98 Å². The van der Waals surface area contributed by atoms with E-state index in [1.807, 2.05) is 18.2 Å². The van der Waals surface area contributed by atoms with Gasteiger partial charge in [0, 0.05) is 48.0 Å². The lowest BCUT2D eigenvalue weighted by Crippen LogP contribution is -2.31. The SMILES string of the molecule is COc1cc(-c2cc(F)ccc2F)cc2c(N3CCC(N(C)C)C3)nc(-c3cccnc3)nc12. The Morgan fingerprint density at radius 2 is 1.91 bits per heavy atom. The fourth-order valence-electron chi connectivity index (χ4n) is 4.44. The summed E-state index contributed by atoms with van der Waals surface area (Å²) in [6, 6.07) is 11.1. The van der Waals surface area contributed by atoms with Gasteiger partial charge in [0.05, 0.1) is 7.11 Å². The molecule has 1 saturated heterocycles. The molecule has 0 radical (unpaired) electrons. The third-order valence-corrected chi connectivity index (χ3v) is 6.32. The van der Waals surface area contributed by atoms with Crippen LogP contribution in [0.25, 0.3) is 33.4 Å². The smallest absolute Gasteiger partial charge is 0.163 e. The van der Waals surface area contributed by atoms with E-state index in [-0.39, 0.29) is 5.56 Å². The molecule has 1 aliphatic rings. The Labute approximate surface area is 196 Å². The molecule has 1 fully saturated rings. The number of nitrogens with zero attached hydrogens (tertiary/aromatic N) is 5. The van der Waals surface area contributed by atoms with Crippen LogP contribution in [-0.4, -0.2) is 60.2 Å². The van der Waals surface area contributed by atoms with Crippen LogP contribution in [-0.2, 0) is 0 Å². The third kappa shape index (κ3) is 4.05. The van der Waals surface area contributed by atoms with E-state index < -0.39 is 11.6 Å². The van der Waals surface area contributed by atoms with Crippen molar-refractivity contribution >= 4 is 16.7 Å². The fourth-order valence-corrected chi connectivity index (χ4v) is 4.44. The van der Waals surface area contributed by atoms with Gasteiger partial charge >= 0.3 is 0 Å². The van der Waals surface area contributed by atoms with Gasteiger partial charge in [0.25, 0.3) is 0 Å². The second-order valence-corrected chi connectivity index (χ2v) is 8.66. The Balaban J connectivity index is 1.76. The van der Waals surface area contributed by atoms with E-state index in [2.05, 4.69) is 28.9 Å². The highest BCUT2D eigenvalue weighted by Gasteiger charge is 2.28. The van der Waals surface area contributed by atoms with Crippen LogP contribution in [0.5, 0.6) is 5.75 Å². The molecule has 8 heteroatoms.